The van der Waals surface area contributed by atoms with E-state index in [0.29, 0.717) is 6.04 Å². The molecule has 1 aromatic carbocycles. The van der Waals surface area contributed by atoms with Gasteiger partial charge in [-0.2, -0.15) is 0 Å². The van der Waals surface area contributed by atoms with Crippen molar-refractivity contribution in [3.05, 3.63) is 52.4 Å². The van der Waals surface area contributed by atoms with Crippen LogP contribution in [0.5, 0.6) is 0 Å². The van der Waals surface area contributed by atoms with E-state index in [9.17, 15) is 0 Å². The van der Waals surface area contributed by atoms with Crippen molar-refractivity contribution < 1.29 is 4.52 Å². The molecular formula is C19H26N2O. The molecule has 1 saturated heterocycles. The number of hydrogen-bond donors (Lipinski definition) is 0. The Morgan fingerprint density at radius 2 is 2.09 bits per heavy atom. The number of nitrogens with zero attached hydrogens (tertiary/aromatic N) is 2. The van der Waals surface area contributed by atoms with E-state index in [-0.39, 0.29) is 0 Å². The van der Waals surface area contributed by atoms with Gasteiger partial charge in [0, 0.05) is 19.0 Å². The van der Waals surface area contributed by atoms with Gasteiger partial charge >= 0.3 is 0 Å². The van der Waals surface area contributed by atoms with Gasteiger partial charge in [0.25, 0.3) is 0 Å². The number of hydrogen-bond acceptors (Lipinski definition) is 3. The van der Waals surface area contributed by atoms with Crippen LogP contribution in [0.3, 0.4) is 0 Å². The lowest BCUT2D eigenvalue weighted by molar-refractivity contribution is 0.236. The van der Waals surface area contributed by atoms with Crippen LogP contribution in [0, 0.1) is 13.8 Å². The van der Waals surface area contributed by atoms with Crippen molar-refractivity contribution in [1.29, 1.82) is 0 Å². The molecule has 1 aromatic heterocycles. The monoisotopic (exact) mass is 298 g/mol. The Morgan fingerprint density at radius 1 is 1.23 bits per heavy atom. The molecule has 0 aliphatic carbocycles. The Bertz CT molecular complexity index is 632. The molecule has 0 N–H and O–H groups in total. The van der Waals surface area contributed by atoms with Crippen molar-refractivity contribution in [2.75, 3.05) is 6.54 Å². The zero-order chi connectivity index (χ0) is 15.5. The lowest BCUT2D eigenvalue weighted by Crippen LogP contribution is -2.23. The van der Waals surface area contributed by atoms with Gasteiger partial charge in [0.2, 0.25) is 0 Å². The molecule has 0 bridgehead atoms. The Morgan fingerprint density at radius 3 is 2.86 bits per heavy atom. The molecule has 1 aliphatic heterocycles. The standard InChI is InChI=1S/C19H26N2O/c1-4-6-17-12-18(20-22-17)19-7-5-10-21(19)13-16-9-8-14(2)15(3)11-16/h8-9,11-12,19H,4-7,10,13H2,1-3H3/t19-/m1/s1. The fraction of sp³-hybridized carbons (Fsp3) is 0.526. The fourth-order valence-corrected chi connectivity index (χ4v) is 3.34. The van der Waals surface area contributed by atoms with Crippen LogP contribution in [0.2, 0.25) is 0 Å². The highest BCUT2D eigenvalue weighted by molar-refractivity contribution is 5.30. The zero-order valence-corrected chi connectivity index (χ0v) is 13.9. The van der Waals surface area contributed by atoms with Crippen molar-refractivity contribution in [3.63, 3.8) is 0 Å². The Hall–Kier alpha value is -1.61. The highest BCUT2D eigenvalue weighted by atomic mass is 16.5. The van der Waals surface area contributed by atoms with Crippen LogP contribution in [0.1, 0.15) is 60.4 Å². The first-order valence-electron chi connectivity index (χ1n) is 8.43. The number of rotatable bonds is 5. The van der Waals surface area contributed by atoms with Gasteiger partial charge < -0.3 is 4.52 Å². The molecule has 0 radical (unpaired) electrons. The molecule has 118 valence electrons. The molecule has 0 unspecified atom stereocenters. The molecule has 3 heteroatoms. The smallest absolute Gasteiger partial charge is 0.137 e. The van der Waals surface area contributed by atoms with Gasteiger partial charge in [-0.3, -0.25) is 4.90 Å². The second kappa shape index (κ2) is 6.66. The van der Waals surface area contributed by atoms with Gasteiger partial charge in [-0.25, -0.2) is 0 Å². The van der Waals surface area contributed by atoms with E-state index in [4.69, 9.17) is 4.52 Å². The van der Waals surface area contributed by atoms with Gasteiger partial charge in [0.1, 0.15) is 11.5 Å². The zero-order valence-electron chi connectivity index (χ0n) is 13.9. The third kappa shape index (κ3) is 3.25. The van der Waals surface area contributed by atoms with Crippen molar-refractivity contribution in [2.45, 2.75) is 59.0 Å². The maximum atomic E-state index is 5.47. The van der Waals surface area contributed by atoms with E-state index in [1.165, 1.54) is 29.5 Å². The third-order valence-corrected chi connectivity index (χ3v) is 4.74. The molecular weight excluding hydrogens is 272 g/mol. The first kappa shape index (κ1) is 15.3. The quantitative estimate of drug-likeness (QED) is 0.809. The van der Waals surface area contributed by atoms with Gasteiger partial charge in [0.15, 0.2) is 0 Å². The first-order chi connectivity index (χ1) is 10.7. The van der Waals surface area contributed by atoms with E-state index in [2.05, 4.69) is 55.1 Å². The lowest BCUT2D eigenvalue weighted by atomic mass is 10.1. The van der Waals surface area contributed by atoms with E-state index in [1.54, 1.807) is 0 Å². The first-order valence-corrected chi connectivity index (χ1v) is 8.43. The van der Waals surface area contributed by atoms with Crippen LogP contribution in [0.4, 0.5) is 0 Å². The summed E-state index contributed by atoms with van der Waals surface area (Å²) >= 11 is 0. The predicted molar refractivity (Wildman–Crippen MR) is 88.8 cm³/mol. The molecule has 3 nitrogen and oxygen atoms in total. The summed E-state index contributed by atoms with van der Waals surface area (Å²) in [6.45, 7) is 8.68. The number of likely N-dealkylation sites (tertiary alicyclic amines) is 1. The summed E-state index contributed by atoms with van der Waals surface area (Å²) in [5, 5.41) is 4.32. The van der Waals surface area contributed by atoms with Crippen molar-refractivity contribution in [2.24, 2.45) is 0 Å². The van der Waals surface area contributed by atoms with Gasteiger partial charge in [-0.05, 0) is 56.3 Å². The largest absolute Gasteiger partial charge is 0.361 e. The van der Waals surface area contributed by atoms with Crippen LogP contribution >= 0.6 is 0 Å². The molecule has 1 fully saturated rings. The number of benzene rings is 1. The van der Waals surface area contributed by atoms with Crippen LogP contribution in [-0.4, -0.2) is 16.6 Å². The summed E-state index contributed by atoms with van der Waals surface area (Å²) in [4.78, 5) is 2.54. The Kier molecular flexibility index (Phi) is 4.63. The average molecular weight is 298 g/mol. The van der Waals surface area contributed by atoms with Crippen LogP contribution in [0.25, 0.3) is 0 Å². The fourth-order valence-electron chi connectivity index (χ4n) is 3.34. The molecule has 2 heterocycles. The average Bonchev–Trinajstić information content (AvgIpc) is 3.12. The van der Waals surface area contributed by atoms with Gasteiger partial charge in [0.05, 0.1) is 6.04 Å². The maximum absolute atomic E-state index is 5.47. The number of aryl methyl sites for hydroxylation is 3. The summed E-state index contributed by atoms with van der Waals surface area (Å²) in [6.07, 6.45) is 4.51. The van der Waals surface area contributed by atoms with Gasteiger partial charge in [-0.15, -0.1) is 0 Å². The second-order valence-electron chi connectivity index (χ2n) is 6.52. The van der Waals surface area contributed by atoms with E-state index in [1.807, 2.05) is 0 Å². The molecule has 0 spiro atoms. The highest BCUT2D eigenvalue weighted by Crippen LogP contribution is 2.33. The van der Waals surface area contributed by atoms with E-state index in [0.717, 1.165) is 37.4 Å². The van der Waals surface area contributed by atoms with Crippen molar-refractivity contribution >= 4 is 0 Å². The Balaban J connectivity index is 1.73. The maximum Gasteiger partial charge on any atom is 0.137 e. The number of aromatic nitrogens is 1. The minimum Gasteiger partial charge on any atom is -0.361 e. The predicted octanol–water partition coefficient (Wildman–Crippen LogP) is 4.58. The molecule has 2 aromatic rings. The molecule has 0 amide bonds. The molecule has 1 atom stereocenters. The summed E-state index contributed by atoms with van der Waals surface area (Å²) in [5.74, 6) is 1.02. The summed E-state index contributed by atoms with van der Waals surface area (Å²) < 4.78 is 5.47. The molecule has 22 heavy (non-hydrogen) atoms. The van der Waals surface area contributed by atoms with E-state index >= 15 is 0 Å². The minimum absolute atomic E-state index is 0.413. The molecule has 3 rings (SSSR count). The van der Waals surface area contributed by atoms with Crippen LogP contribution in [0.15, 0.2) is 28.8 Å². The normalized spacial score (nSPS) is 19.0. The SMILES string of the molecule is CCCc1cc([C@H]2CCCN2Cc2ccc(C)c(C)c2)no1. The third-order valence-electron chi connectivity index (χ3n) is 4.74. The van der Waals surface area contributed by atoms with Crippen LogP contribution in [-0.2, 0) is 13.0 Å². The lowest BCUT2D eigenvalue weighted by Gasteiger charge is -2.23. The second-order valence-corrected chi connectivity index (χ2v) is 6.52. The summed E-state index contributed by atoms with van der Waals surface area (Å²) in [7, 11) is 0. The summed E-state index contributed by atoms with van der Waals surface area (Å²) in [6, 6.07) is 9.37. The Labute approximate surface area is 133 Å². The molecule has 1 aliphatic rings. The highest BCUT2D eigenvalue weighted by Gasteiger charge is 2.28. The van der Waals surface area contributed by atoms with Crippen LogP contribution < -0.4 is 0 Å². The topological polar surface area (TPSA) is 29.3 Å². The molecule has 0 saturated carbocycles. The summed E-state index contributed by atoms with van der Waals surface area (Å²) in [5.41, 5.74) is 5.25. The van der Waals surface area contributed by atoms with Crippen molar-refractivity contribution in [3.8, 4) is 0 Å². The van der Waals surface area contributed by atoms with E-state index < -0.39 is 0 Å². The van der Waals surface area contributed by atoms with Crippen molar-refractivity contribution in [1.82, 2.24) is 10.1 Å². The van der Waals surface area contributed by atoms with Gasteiger partial charge in [-0.1, -0.05) is 30.3 Å². The minimum atomic E-state index is 0.413.